The lowest BCUT2D eigenvalue weighted by molar-refractivity contribution is 0.267. The molecule has 1 saturated carbocycles. The highest BCUT2D eigenvalue weighted by Gasteiger charge is 2.25. The molecule has 1 aromatic rings. The molecule has 2 rings (SSSR count). The van der Waals surface area contributed by atoms with E-state index in [1.165, 1.54) is 32.1 Å². The summed E-state index contributed by atoms with van der Waals surface area (Å²) in [7, 11) is 2.09. The lowest BCUT2D eigenvalue weighted by Gasteiger charge is -2.32. The molecule has 1 N–H and O–H groups in total. The van der Waals surface area contributed by atoms with Crippen LogP contribution in [0, 0.1) is 5.41 Å². The number of hydrogen-bond donors (Lipinski definition) is 1. The third-order valence-corrected chi connectivity index (χ3v) is 4.70. The van der Waals surface area contributed by atoms with E-state index >= 15 is 0 Å². The molecule has 1 fully saturated rings. The Balaban J connectivity index is 2.02. The maximum atomic E-state index is 3.49. The van der Waals surface area contributed by atoms with Crippen LogP contribution in [0.3, 0.4) is 0 Å². The molecule has 0 spiro atoms. The van der Waals surface area contributed by atoms with E-state index < -0.39 is 0 Å². The third-order valence-electron chi connectivity index (χ3n) is 4.70. The minimum Gasteiger partial charge on any atom is -0.316 e. The molecular weight excluding hydrogens is 230 g/mol. The molecule has 0 aliphatic heterocycles. The van der Waals surface area contributed by atoms with Crippen molar-refractivity contribution < 1.29 is 0 Å². The monoisotopic (exact) mass is 259 g/mol. The van der Waals surface area contributed by atoms with Gasteiger partial charge in [-0.05, 0) is 55.2 Å². The zero-order valence-electron chi connectivity index (χ0n) is 13.0. The summed E-state index contributed by atoms with van der Waals surface area (Å²) in [6.07, 6.45) is 6.64. The summed E-state index contributed by atoms with van der Waals surface area (Å²) in [5, 5.41) is 3.49. The summed E-state index contributed by atoms with van der Waals surface area (Å²) in [5.74, 6) is 0.846. The van der Waals surface area contributed by atoms with Crippen LogP contribution in [0.15, 0.2) is 24.3 Å². The topological polar surface area (TPSA) is 12.0 Å². The lowest BCUT2D eigenvalue weighted by Crippen LogP contribution is -2.38. The SMILES string of the molecule is CNC(CCc1ccccc1C1CCC1)C(C)(C)C. The Labute approximate surface area is 118 Å². The standard InChI is InChI=1S/C18H29N/c1-18(2,3)17(19-4)13-12-15-8-5-6-11-16(15)14-9-7-10-14/h5-6,8,11,14,17,19H,7,9-10,12-13H2,1-4H3. The number of benzene rings is 1. The van der Waals surface area contributed by atoms with Crippen molar-refractivity contribution in [3.05, 3.63) is 35.4 Å². The molecule has 0 aromatic heterocycles. The Kier molecular flexibility index (Phi) is 4.67. The highest BCUT2D eigenvalue weighted by molar-refractivity contribution is 5.31. The van der Waals surface area contributed by atoms with Gasteiger partial charge in [-0.3, -0.25) is 0 Å². The molecular formula is C18H29N. The van der Waals surface area contributed by atoms with Crippen LogP contribution in [0.1, 0.15) is 63.5 Å². The van der Waals surface area contributed by atoms with Crippen LogP contribution >= 0.6 is 0 Å². The van der Waals surface area contributed by atoms with Gasteiger partial charge in [0, 0.05) is 6.04 Å². The molecule has 0 bridgehead atoms. The van der Waals surface area contributed by atoms with E-state index in [2.05, 4.69) is 57.4 Å². The molecule has 0 saturated heterocycles. The summed E-state index contributed by atoms with van der Waals surface area (Å²) in [5.41, 5.74) is 3.54. The largest absolute Gasteiger partial charge is 0.316 e. The fourth-order valence-electron chi connectivity index (χ4n) is 3.19. The molecule has 19 heavy (non-hydrogen) atoms. The van der Waals surface area contributed by atoms with Gasteiger partial charge in [-0.1, -0.05) is 51.5 Å². The van der Waals surface area contributed by atoms with Gasteiger partial charge in [0.1, 0.15) is 0 Å². The van der Waals surface area contributed by atoms with Crippen LogP contribution in [0.2, 0.25) is 0 Å². The highest BCUT2D eigenvalue weighted by atomic mass is 14.9. The summed E-state index contributed by atoms with van der Waals surface area (Å²) in [6, 6.07) is 9.68. The first kappa shape index (κ1) is 14.6. The van der Waals surface area contributed by atoms with Gasteiger partial charge in [-0.25, -0.2) is 0 Å². The van der Waals surface area contributed by atoms with Crippen LogP contribution in [-0.4, -0.2) is 13.1 Å². The van der Waals surface area contributed by atoms with E-state index in [1.54, 1.807) is 11.1 Å². The number of rotatable bonds is 5. The van der Waals surface area contributed by atoms with Gasteiger partial charge in [-0.2, -0.15) is 0 Å². The molecule has 106 valence electrons. The van der Waals surface area contributed by atoms with Gasteiger partial charge in [-0.15, -0.1) is 0 Å². The molecule has 1 aromatic carbocycles. The number of nitrogens with one attached hydrogen (secondary N) is 1. The zero-order chi connectivity index (χ0) is 13.9. The average molecular weight is 259 g/mol. The Morgan fingerprint density at radius 3 is 2.42 bits per heavy atom. The Morgan fingerprint density at radius 2 is 1.89 bits per heavy atom. The maximum absolute atomic E-state index is 3.49. The summed E-state index contributed by atoms with van der Waals surface area (Å²) >= 11 is 0. The number of aryl methyl sites for hydroxylation is 1. The third kappa shape index (κ3) is 3.60. The summed E-state index contributed by atoms with van der Waals surface area (Å²) < 4.78 is 0. The molecule has 0 radical (unpaired) electrons. The first-order valence-corrected chi connectivity index (χ1v) is 7.77. The fourth-order valence-corrected chi connectivity index (χ4v) is 3.19. The molecule has 1 heteroatoms. The smallest absolute Gasteiger partial charge is 0.0116 e. The van der Waals surface area contributed by atoms with E-state index in [0.29, 0.717) is 11.5 Å². The van der Waals surface area contributed by atoms with Gasteiger partial charge in [0.25, 0.3) is 0 Å². The first-order valence-electron chi connectivity index (χ1n) is 7.77. The Bertz CT molecular complexity index is 398. The number of hydrogen-bond acceptors (Lipinski definition) is 1. The van der Waals surface area contributed by atoms with Crippen LogP contribution in [0.25, 0.3) is 0 Å². The van der Waals surface area contributed by atoms with Crippen molar-refractivity contribution in [2.75, 3.05) is 7.05 Å². The van der Waals surface area contributed by atoms with Gasteiger partial charge in [0.2, 0.25) is 0 Å². The van der Waals surface area contributed by atoms with Crippen molar-refractivity contribution in [2.45, 2.75) is 64.8 Å². The Hall–Kier alpha value is -0.820. The van der Waals surface area contributed by atoms with Crippen LogP contribution in [0.5, 0.6) is 0 Å². The van der Waals surface area contributed by atoms with Crippen molar-refractivity contribution in [2.24, 2.45) is 5.41 Å². The van der Waals surface area contributed by atoms with Crippen molar-refractivity contribution in [3.8, 4) is 0 Å². The van der Waals surface area contributed by atoms with Gasteiger partial charge in [0.15, 0.2) is 0 Å². The van der Waals surface area contributed by atoms with Crippen LogP contribution in [-0.2, 0) is 6.42 Å². The normalized spacial score (nSPS) is 18.1. The molecule has 0 amide bonds. The van der Waals surface area contributed by atoms with E-state index in [4.69, 9.17) is 0 Å². The van der Waals surface area contributed by atoms with E-state index in [9.17, 15) is 0 Å². The second-order valence-corrected chi connectivity index (χ2v) is 7.07. The fraction of sp³-hybridized carbons (Fsp3) is 0.667. The average Bonchev–Trinajstić information content (AvgIpc) is 2.28. The molecule has 1 nitrogen and oxygen atoms in total. The molecule has 1 unspecified atom stereocenters. The predicted molar refractivity (Wildman–Crippen MR) is 83.7 cm³/mol. The van der Waals surface area contributed by atoms with Crippen molar-refractivity contribution in [1.82, 2.24) is 5.32 Å². The van der Waals surface area contributed by atoms with E-state index in [-0.39, 0.29) is 0 Å². The molecule has 1 atom stereocenters. The molecule has 0 heterocycles. The van der Waals surface area contributed by atoms with Gasteiger partial charge < -0.3 is 5.32 Å². The summed E-state index contributed by atoms with van der Waals surface area (Å²) in [6.45, 7) is 6.98. The predicted octanol–water partition coefficient (Wildman–Crippen LogP) is 4.52. The minimum absolute atomic E-state index is 0.333. The van der Waals surface area contributed by atoms with Crippen molar-refractivity contribution in [3.63, 3.8) is 0 Å². The van der Waals surface area contributed by atoms with Crippen molar-refractivity contribution in [1.29, 1.82) is 0 Å². The first-order chi connectivity index (χ1) is 9.02. The molecule has 1 aliphatic rings. The van der Waals surface area contributed by atoms with Gasteiger partial charge in [0.05, 0.1) is 0 Å². The maximum Gasteiger partial charge on any atom is 0.0116 e. The highest BCUT2D eigenvalue weighted by Crippen LogP contribution is 2.38. The quantitative estimate of drug-likeness (QED) is 0.819. The van der Waals surface area contributed by atoms with Crippen LogP contribution < -0.4 is 5.32 Å². The van der Waals surface area contributed by atoms with Crippen LogP contribution in [0.4, 0.5) is 0 Å². The Morgan fingerprint density at radius 1 is 1.21 bits per heavy atom. The molecule has 1 aliphatic carbocycles. The zero-order valence-corrected chi connectivity index (χ0v) is 13.0. The second kappa shape index (κ2) is 6.09. The van der Waals surface area contributed by atoms with Gasteiger partial charge >= 0.3 is 0 Å². The van der Waals surface area contributed by atoms with Crippen molar-refractivity contribution >= 4 is 0 Å². The minimum atomic E-state index is 0.333. The second-order valence-electron chi connectivity index (χ2n) is 7.07. The van der Waals surface area contributed by atoms with E-state index in [1.807, 2.05) is 0 Å². The lowest BCUT2D eigenvalue weighted by atomic mass is 9.76. The summed E-state index contributed by atoms with van der Waals surface area (Å²) in [4.78, 5) is 0. The van der Waals surface area contributed by atoms with E-state index in [0.717, 1.165) is 5.92 Å².